The molecule has 0 aliphatic heterocycles. The first-order valence-corrected chi connectivity index (χ1v) is 9.38. The van der Waals surface area contributed by atoms with Crippen molar-refractivity contribution in [2.24, 2.45) is 5.73 Å². The van der Waals surface area contributed by atoms with Crippen LogP contribution in [0.2, 0.25) is 0 Å². The van der Waals surface area contributed by atoms with Crippen molar-refractivity contribution in [3.63, 3.8) is 0 Å². The monoisotopic (exact) mass is 381 g/mol. The lowest BCUT2D eigenvalue weighted by atomic mass is 10.2. The summed E-state index contributed by atoms with van der Waals surface area (Å²) < 4.78 is 1.98. The minimum atomic E-state index is -0.503. The van der Waals surface area contributed by atoms with Crippen molar-refractivity contribution in [3.05, 3.63) is 60.2 Å². The average molecular weight is 381 g/mol. The van der Waals surface area contributed by atoms with Gasteiger partial charge in [-0.2, -0.15) is 0 Å². The lowest BCUT2D eigenvalue weighted by molar-refractivity contribution is -0.113. The Morgan fingerprint density at radius 1 is 1.07 bits per heavy atom. The number of carbonyl (C=O) groups is 2. The molecule has 27 heavy (non-hydrogen) atoms. The maximum atomic E-state index is 12.2. The molecular weight excluding hydrogens is 362 g/mol. The molecule has 7 nitrogen and oxygen atoms in total. The molecule has 0 radical (unpaired) electrons. The normalized spacial score (nSPS) is 10.6. The fourth-order valence-electron chi connectivity index (χ4n) is 2.53. The van der Waals surface area contributed by atoms with Crippen molar-refractivity contribution in [1.29, 1.82) is 0 Å². The van der Waals surface area contributed by atoms with E-state index in [2.05, 4.69) is 15.5 Å². The zero-order valence-corrected chi connectivity index (χ0v) is 15.6. The van der Waals surface area contributed by atoms with Gasteiger partial charge in [-0.05, 0) is 31.2 Å². The smallest absolute Gasteiger partial charge is 0.248 e. The second-order valence-corrected chi connectivity index (χ2v) is 6.64. The summed E-state index contributed by atoms with van der Waals surface area (Å²) in [5, 5.41) is 12.0. The number of nitrogens with zero attached hydrogens (tertiary/aromatic N) is 3. The van der Waals surface area contributed by atoms with Crippen LogP contribution in [0, 0.1) is 0 Å². The van der Waals surface area contributed by atoms with Gasteiger partial charge in [0.25, 0.3) is 0 Å². The quantitative estimate of drug-likeness (QED) is 0.613. The average Bonchev–Trinajstić information content (AvgIpc) is 3.10. The van der Waals surface area contributed by atoms with E-state index in [4.69, 9.17) is 5.73 Å². The summed E-state index contributed by atoms with van der Waals surface area (Å²) in [7, 11) is 0. The van der Waals surface area contributed by atoms with Crippen molar-refractivity contribution in [1.82, 2.24) is 14.8 Å². The Morgan fingerprint density at radius 3 is 2.41 bits per heavy atom. The summed E-state index contributed by atoms with van der Waals surface area (Å²) in [6, 6.07) is 16.2. The SMILES string of the molecule is CCn1c(SCC(=O)Nc2ccc(C(N)=O)cc2)nnc1-c1ccccc1. The van der Waals surface area contributed by atoms with Crippen molar-refractivity contribution >= 4 is 29.3 Å². The Bertz CT molecular complexity index is 938. The molecule has 2 amide bonds. The number of anilines is 1. The summed E-state index contributed by atoms with van der Waals surface area (Å²) in [6.07, 6.45) is 0. The van der Waals surface area contributed by atoms with E-state index in [1.165, 1.54) is 11.8 Å². The van der Waals surface area contributed by atoms with Crippen LogP contribution in [0.3, 0.4) is 0 Å². The molecule has 1 heterocycles. The van der Waals surface area contributed by atoms with Crippen LogP contribution in [0.25, 0.3) is 11.4 Å². The van der Waals surface area contributed by atoms with Crippen LogP contribution < -0.4 is 11.1 Å². The van der Waals surface area contributed by atoms with Crippen molar-refractivity contribution in [3.8, 4) is 11.4 Å². The standard InChI is InChI=1S/C19H19N5O2S/c1-2-24-18(14-6-4-3-5-7-14)22-23-19(24)27-12-16(25)21-15-10-8-13(9-11-15)17(20)26/h3-11H,2,12H2,1H3,(H2,20,26)(H,21,25). The predicted octanol–water partition coefficient (Wildman–Crippen LogP) is 2.79. The number of nitrogens with one attached hydrogen (secondary N) is 1. The van der Waals surface area contributed by atoms with Gasteiger partial charge in [0.15, 0.2) is 11.0 Å². The number of primary amides is 1. The largest absolute Gasteiger partial charge is 0.366 e. The van der Waals surface area contributed by atoms with E-state index in [0.29, 0.717) is 23.0 Å². The molecule has 3 N–H and O–H groups in total. The molecule has 0 atom stereocenters. The van der Waals surface area contributed by atoms with E-state index in [1.54, 1.807) is 24.3 Å². The first kappa shape index (κ1) is 18.7. The van der Waals surface area contributed by atoms with Crippen molar-refractivity contribution < 1.29 is 9.59 Å². The number of carbonyl (C=O) groups excluding carboxylic acids is 2. The molecular formula is C19H19N5O2S. The van der Waals surface area contributed by atoms with Crippen LogP contribution in [-0.2, 0) is 11.3 Å². The molecule has 1 aromatic heterocycles. The van der Waals surface area contributed by atoms with Gasteiger partial charge in [0.1, 0.15) is 0 Å². The third kappa shape index (κ3) is 4.53. The van der Waals surface area contributed by atoms with Gasteiger partial charge in [-0.1, -0.05) is 42.1 Å². The third-order valence-corrected chi connectivity index (χ3v) is 4.82. The summed E-state index contributed by atoms with van der Waals surface area (Å²) in [4.78, 5) is 23.3. The minimum Gasteiger partial charge on any atom is -0.366 e. The van der Waals surface area contributed by atoms with E-state index in [0.717, 1.165) is 11.4 Å². The number of thioether (sulfide) groups is 1. The molecule has 0 bridgehead atoms. The highest BCUT2D eigenvalue weighted by Gasteiger charge is 2.14. The molecule has 0 spiro atoms. The predicted molar refractivity (Wildman–Crippen MR) is 105 cm³/mol. The number of nitrogens with two attached hydrogens (primary N) is 1. The minimum absolute atomic E-state index is 0.168. The number of benzene rings is 2. The van der Waals surface area contributed by atoms with Gasteiger partial charge < -0.3 is 15.6 Å². The van der Waals surface area contributed by atoms with E-state index in [-0.39, 0.29) is 11.7 Å². The lowest BCUT2D eigenvalue weighted by Gasteiger charge is -2.08. The number of amides is 2. The van der Waals surface area contributed by atoms with Crippen LogP contribution in [0.5, 0.6) is 0 Å². The van der Waals surface area contributed by atoms with Gasteiger partial charge in [-0.15, -0.1) is 10.2 Å². The van der Waals surface area contributed by atoms with Crippen molar-refractivity contribution in [2.45, 2.75) is 18.6 Å². The first-order valence-electron chi connectivity index (χ1n) is 8.39. The molecule has 3 aromatic rings. The van der Waals surface area contributed by atoms with Crippen LogP contribution in [0.1, 0.15) is 17.3 Å². The zero-order chi connectivity index (χ0) is 19.2. The Labute approximate surface area is 161 Å². The Kier molecular flexibility index (Phi) is 5.87. The Morgan fingerprint density at radius 2 is 1.78 bits per heavy atom. The van der Waals surface area contributed by atoms with Crippen LogP contribution in [0.4, 0.5) is 5.69 Å². The Hall–Kier alpha value is -3.13. The molecule has 0 aliphatic carbocycles. The van der Waals surface area contributed by atoms with Gasteiger partial charge in [-0.25, -0.2) is 0 Å². The number of rotatable bonds is 7. The zero-order valence-electron chi connectivity index (χ0n) is 14.8. The van der Waals surface area contributed by atoms with Gasteiger partial charge in [0.2, 0.25) is 11.8 Å². The maximum Gasteiger partial charge on any atom is 0.248 e. The van der Waals surface area contributed by atoms with E-state index in [1.807, 2.05) is 41.8 Å². The summed E-state index contributed by atoms with van der Waals surface area (Å²) >= 11 is 1.33. The summed E-state index contributed by atoms with van der Waals surface area (Å²) in [5.41, 5.74) is 7.19. The molecule has 8 heteroatoms. The van der Waals surface area contributed by atoms with Gasteiger partial charge in [-0.3, -0.25) is 9.59 Å². The molecule has 138 valence electrons. The maximum absolute atomic E-state index is 12.2. The lowest BCUT2D eigenvalue weighted by Crippen LogP contribution is -2.15. The van der Waals surface area contributed by atoms with Gasteiger partial charge in [0, 0.05) is 23.4 Å². The fraction of sp³-hybridized carbons (Fsp3) is 0.158. The molecule has 0 saturated heterocycles. The van der Waals surface area contributed by atoms with Crippen LogP contribution in [0.15, 0.2) is 59.8 Å². The fourth-order valence-corrected chi connectivity index (χ4v) is 3.33. The van der Waals surface area contributed by atoms with Gasteiger partial charge >= 0.3 is 0 Å². The highest BCUT2D eigenvalue weighted by atomic mass is 32.2. The van der Waals surface area contributed by atoms with E-state index >= 15 is 0 Å². The molecule has 2 aromatic carbocycles. The van der Waals surface area contributed by atoms with Gasteiger partial charge in [0.05, 0.1) is 5.75 Å². The molecule has 0 aliphatic rings. The second kappa shape index (κ2) is 8.50. The van der Waals surface area contributed by atoms with Crippen LogP contribution in [-0.4, -0.2) is 32.3 Å². The number of hydrogen-bond donors (Lipinski definition) is 2. The molecule has 0 saturated carbocycles. The molecule has 0 fully saturated rings. The molecule has 3 rings (SSSR count). The van der Waals surface area contributed by atoms with Crippen molar-refractivity contribution in [2.75, 3.05) is 11.1 Å². The molecule has 0 unspecified atom stereocenters. The number of aromatic nitrogens is 3. The number of hydrogen-bond acceptors (Lipinski definition) is 5. The highest BCUT2D eigenvalue weighted by Crippen LogP contribution is 2.24. The first-order chi connectivity index (χ1) is 13.1. The summed E-state index contributed by atoms with van der Waals surface area (Å²) in [6.45, 7) is 2.72. The van der Waals surface area contributed by atoms with Crippen LogP contribution >= 0.6 is 11.8 Å². The second-order valence-electron chi connectivity index (χ2n) is 5.69. The van der Waals surface area contributed by atoms with E-state index in [9.17, 15) is 9.59 Å². The van der Waals surface area contributed by atoms with E-state index < -0.39 is 5.91 Å². The third-order valence-electron chi connectivity index (χ3n) is 3.85. The topological polar surface area (TPSA) is 103 Å². The summed E-state index contributed by atoms with van der Waals surface area (Å²) in [5.74, 6) is 0.308. The Balaban J connectivity index is 1.63. The highest BCUT2D eigenvalue weighted by molar-refractivity contribution is 7.99.